The van der Waals surface area contributed by atoms with Crippen molar-refractivity contribution in [3.8, 4) is 5.88 Å². The molecular formula is C14H25N3O2. The molecule has 0 radical (unpaired) electrons. The van der Waals surface area contributed by atoms with E-state index in [1.807, 2.05) is 34.6 Å². The lowest BCUT2D eigenvalue weighted by molar-refractivity contribution is 0.125. The van der Waals surface area contributed by atoms with Gasteiger partial charge in [0.2, 0.25) is 5.88 Å². The third kappa shape index (κ3) is 4.95. The van der Waals surface area contributed by atoms with Crippen molar-refractivity contribution in [2.45, 2.75) is 46.3 Å². The molecule has 1 atom stereocenters. The van der Waals surface area contributed by atoms with Crippen molar-refractivity contribution < 1.29 is 9.84 Å². The van der Waals surface area contributed by atoms with Crippen molar-refractivity contribution in [1.29, 1.82) is 0 Å². The van der Waals surface area contributed by atoms with Gasteiger partial charge in [0.15, 0.2) is 0 Å². The second kappa shape index (κ2) is 6.10. The first-order valence-electron chi connectivity index (χ1n) is 6.56. The highest BCUT2D eigenvalue weighted by atomic mass is 16.5. The molecule has 4 N–H and O–H groups in total. The lowest BCUT2D eigenvalue weighted by atomic mass is 10.1. The van der Waals surface area contributed by atoms with Gasteiger partial charge in [0, 0.05) is 0 Å². The molecule has 5 heteroatoms. The molecule has 1 unspecified atom stereocenters. The van der Waals surface area contributed by atoms with Crippen molar-refractivity contribution in [2.75, 3.05) is 17.7 Å². The summed E-state index contributed by atoms with van der Waals surface area (Å²) in [4.78, 5) is 4.36. The Bertz CT molecular complexity index is 414. The molecular weight excluding hydrogens is 242 g/mol. The molecule has 19 heavy (non-hydrogen) atoms. The summed E-state index contributed by atoms with van der Waals surface area (Å²) in [5.41, 5.74) is 6.01. The van der Waals surface area contributed by atoms with Crippen LogP contribution >= 0.6 is 0 Å². The number of anilines is 2. The van der Waals surface area contributed by atoms with E-state index in [4.69, 9.17) is 10.5 Å². The maximum absolute atomic E-state index is 9.32. The quantitative estimate of drug-likeness (QED) is 0.762. The number of hydrogen-bond acceptors (Lipinski definition) is 5. The van der Waals surface area contributed by atoms with Gasteiger partial charge in [-0.3, -0.25) is 0 Å². The fourth-order valence-electron chi connectivity index (χ4n) is 1.52. The highest BCUT2D eigenvalue weighted by molar-refractivity contribution is 5.54. The molecule has 0 saturated carbocycles. The van der Waals surface area contributed by atoms with Gasteiger partial charge < -0.3 is 20.9 Å². The van der Waals surface area contributed by atoms with Gasteiger partial charge in [-0.05, 0) is 38.8 Å². The largest absolute Gasteiger partial charge is 0.470 e. The Morgan fingerprint density at radius 1 is 1.37 bits per heavy atom. The summed E-state index contributed by atoms with van der Waals surface area (Å²) in [5.74, 6) is 1.37. The van der Waals surface area contributed by atoms with Crippen LogP contribution in [0.1, 0.15) is 34.6 Å². The first kappa shape index (κ1) is 15.6. The van der Waals surface area contributed by atoms with E-state index >= 15 is 0 Å². The van der Waals surface area contributed by atoms with Gasteiger partial charge in [-0.15, -0.1) is 0 Å². The van der Waals surface area contributed by atoms with Crippen LogP contribution < -0.4 is 15.8 Å². The number of aliphatic hydroxyl groups is 1. The number of nitrogens with one attached hydrogen (secondary N) is 1. The van der Waals surface area contributed by atoms with E-state index in [1.165, 1.54) is 0 Å². The number of aromatic nitrogens is 1. The fourth-order valence-corrected chi connectivity index (χ4v) is 1.52. The minimum Gasteiger partial charge on any atom is -0.470 e. The number of pyridine rings is 1. The molecule has 1 aromatic rings. The number of nitrogens with zero attached hydrogens (tertiary/aromatic N) is 1. The molecule has 0 aliphatic carbocycles. The summed E-state index contributed by atoms with van der Waals surface area (Å²) in [7, 11) is 0. The number of nitrogen functional groups attached to an aromatic ring is 1. The van der Waals surface area contributed by atoms with Gasteiger partial charge >= 0.3 is 0 Å². The minimum absolute atomic E-state index is 0.0430. The van der Waals surface area contributed by atoms with Crippen LogP contribution in [0.15, 0.2) is 12.1 Å². The number of hydrogen-bond donors (Lipinski definition) is 3. The second-order valence-electron chi connectivity index (χ2n) is 5.98. The first-order valence-corrected chi connectivity index (χ1v) is 6.56. The molecule has 0 aliphatic rings. The molecule has 108 valence electrons. The molecule has 0 saturated heterocycles. The predicted octanol–water partition coefficient (Wildman–Crippen LogP) is 2.27. The Labute approximate surface area is 115 Å². The maximum Gasteiger partial charge on any atom is 0.239 e. The Morgan fingerprint density at radius 2 is 2.00 bits per heavy atom. The van der Waals surface area contributed by atoms with E-state index in [-0.39, 0.29) is 18.2 Å². The van der Waals surface area contributed by atoms with Gasteiger partial charge in [-0.2, -0.15) is 4.98 Å². The van der Waals surface area contributed by atoms with E-state index in [2.05, 4.69) is 10.3 Å². The monoisotopic (exact) mass is 267 g/mol. The summed E-state index contributed by atoms with van der Waals surface area (Å²) in [5, 5.41) is 12.5. The van der Waals surface area contributed by atoms with Gasteiger partial charge in [0.05, 0.1) is 18.3 Å². The minimum atomic E-state index is -0.353. The van der Waals surface area contributed by atoms with Crippen LogP contribution in [0.25, 0.3) is 0 Å². The van der Waals surface area contributed by atoms with Crippen molar-refractivity contribution in [3.63, 3.8) is 0 Å². The van der Waals surface area contributed by atoms with Gasteiger partial charge in [-0.25, -0.2) is 0 Å². The van der Waals surface area contributed by atoms with Crippen molar-refractivity contribution in [3.05, 3.63) is 12.1 Å². The summed E-state index contributed by atoms with van der Waals surface area (Å²) in [6.07, 6.45) is 0. The molecule has 0 spiro atoms. The summed E-state index contributed by atoms with van der Waals surface area (Å²) >= 11 is 0. The van der Waals surface area contributed by atoms with Crippen LogP contribution in [0.3, 0.4) is 0 Å². The van der Waals surface area contributed by atoms with E-state index in [9.17, 15) is 5.11 Å². The molecule has 0 aliphatic heterocycles. The highest BCUT2D eigenvalue weighted by Crippen LogP contribution is 2.25. The summed E-state index contributed by atoms with van der Waals surface area (Å²) in [6.45, 7) is 9.96. The van der Waals surface area contributed by atoms with Crippen molar-refractivity contribution >= 4 is 11.5 Å². The molecule has 0 aromatic carbocycles. The maximum atomic E-state index is 9.32. The molecule has 1 rings (SSSR count). The third-order valence-corrected chi connectivity index (χ3v) is 2.63. The van der Waals surface area contributed by atoms with E-state index in [1.54, 1.807) is 12.1 Å². The van der Waals surface area contributed by atoms with E-state index in [0.29, 0.717) is 23.3 Å². The van der Waals surface area contributed by atoms with Gasteiger partial charge in [-0.1, -0.05) is 13.8 Å². The third-order valence-electron chi connectivity index (χ3n) is 2.63. The lowest BCUT2D eigenvalue weighted by Gasteiger charge is -2.24. The van der Waals surface area contributed by atoms with E-state index in [0.717, 1.165) is 0 Å². The summed E-state index contributed by atoms with van der Waals surface area (Å²) < 4.78 is 5.71. The number of rotatable bonds is 5. The van der Waals surface area contributed by atoms with Crippen molar-refractivity contribution in [2.24, 2.45) is 5.92 Å². The number of ether oxygens (including phenoxy) is 1. The highest BCUT2D eigenvalue weighted by Gasteiger charge is 2.17. The molecule has 1 heterocycles. The molecule has 5 nitrogen and oxygen atoms in total. The SMILES string of the molecule is CC(C)C(CO)Nc1ccc(N)c(OC(C)(C)C)n1. The Kier molecular flexibility index (Phi) is 5.00. The number of aliphatic hydroxyl groups excluding tert-OH is 1. The summed E-state index contributed by atoms with van der Waals surface area (Å²) in [6, 6.07) is 3.50. The zero-order valence-corrected chi connectivity index (χ0v) is 12.4. The van der Waals surface area contributed by atoms with Crippen LogP contribution in [0.2, 0.25) is 0 Å². The van der Waals surface area contributed by atoms with Crippen LogP contribution in [0.4, 0.5) is 11.5 Å². The second-order valence-corrected chi connectivity index (χ2v) is 5.98. The lowest BCUT2D eigenvalue weighted by Crippen LogP contribution is -2.30. The smallest absolute Gasteiger partial charge is 0.239 e. The zero-order valence-electron chi connectivity index (χ0n) is 12.4. The first-order chi connectivity index (χ1) is 8.73. The average Bonchev–Trinajstić information content (AvgIpc) is 2.27. The normalized spacial score (nSPS) is 13.4. The van der Waals surface area contributed by atoms with Crippen LogP contribution in [0, 0.1) is 5.92 Å². The van der Waals surface area contributed by atoms with E-state index < -0.39 is 0 Å². The fraction of sp³-hybridized carbons (Fsp3) is 0.643. The predicted molar refractivity (Wildman–Crippen MR) is 78.4 cm³/mol. The van der Waals surface area contributed by atoms with Crippen molar-refractivity contribution in [1.82, 2.24) is 4.98 Å². The molecule has 0 bridgehead atoms. The van der Waals surface area contributed by atoms with Crippen LogP contribution in [-0.4, -0.2) is 28.3 Å². The average molecular weight is 267 g/mol. The van der Waals surface area contributed by atoms with Gasteiger partial charge in [0.1, 0.15) is 11.4 Å². The van der Waals surface area contributed by atoms with Crippen LogP contribution in [-0.2, 0) is 0 Å². The number of nitrogens with two attached hydrogens (primary N) is 1. The molecule has 0 amide bonds. The Morgan fingerprint density at radius 3 is 2.47 bits per heavy atom. The van der Waals surface area contributed by atoms with Gasteiger partial charge in [0.25, 0.3) is 0 Å². The topological polar surface area (TPSA) is 80.4 Å². The van der Waals surface area contributed by atoms with Crippen LogP contribution in [0.5, 0.6) is 5.88 Å². The standard InChI is InChI=1S/C14H25N3O2/c1-9(2)11(8-18)16-12-7-6-10(15)13(17-12)19-14(3,4)5/h6-7,9,11,18H,8,15H2,1-5H3,(H,16,17). The Hall–Kier alpha value is -1.49. The molecule has 1 aromatic heterocycles. The molecule has 0 fully saturated rings. The Balaban J connectivity index is 2.89. The zero-order chi connectivity index (χ0) is 14.6.